The zero-order chi connectivity index (χ0) is 12.4. The van der Waals surface area contributed by atoms with E-state index in [-0.39, 0.29) is 4.83 Å². The predicted molar refractivity (Wildman–Crippen MR) is 73.7 cm³/mol. The molecule has 1 atom stereocenters. The molecule has 0 radical (unpaired) electrons. The smallest absolute Gasteiger partial charge is 0.162 e. The second-order valence-corrected chi connectivity index (χ2v) is 6.96. The molecule has 0 nitrogen and oxygen atoms in total. The van der Waals surface area contributed by atoms with Crippen molar-refractivity contribution in [1.82, 2.24) is 0 Å². The average Bonchev–Trinajstić information content (AvgIpc) is 2.72. The molecule has 5 heteroatoms. The Hall–Kier alpha value is -0.260. The van der Waals surface area contributed by atoms with Gasteiger partial charge in [0.2, 0.25) is 0 Å². The maximum atomic E-state index is 13.5. The third-order valence-corrected chi connectivity index (χ3v) is 4.76. The van der Waals surface area contributed by atoms with Crippen LogP contribution in [0.5, 0.6) is 0 Å². The lowest BCUT2D eigenvalue weighted by Gasteiger charge is -2.09. The summed E-state index contributed by atoms with van der Waals surface area (Å²) >= 11 is 8.44. The van der Waals surface area contributed by atoms with Crippen molar-refractivity contribution in [2.24, 2.45) is 0 Å². The Morgan fingerprint density at radius 2 is 2.06 bits per heavy atom. The normalized spacial score (nSPS) is 12.7. The lowest BCUT2D eigenvalue weighted by molar-refractivity contribution is 0.498. The van der Waals surface area contributed by atoms with Crippen LogP contribution in [-0.2, 0) is 6.42 Å². The fourth-order valence-electron chi connectivity index (χ4n) is 1.50. The van der Waals surface area contributed by atoms with Crippen LogP contribution in [0.15, 0.2) is 33.4 Å². The first kappa shape index (κ1) is 13.2. The third kappa shape index (κ3) is 3.14. The fraction of sp³-hybridized carbons (Fsp3) is 0.167. The fourth-order valence-corrected chi connectivity index (χ4v) is 3.52. The summed E-state index contributed by atoms with van der Waals surface area (Å²) in [6.07, 6.45) is 0.423. The molecule has 0 aliphatic rings. The Labute approximate surface area is 119 Å². The summed E-state index contributed by atoms with van der Waals surface area (Å²) < 4.78 is 27.5. The summed E-state index contributed by atoms with van der Waals surface area (Å²) in [5, 5.41) is 1.99. The second-order valence-electron chi connectivity index (χ2n) is 3.57. The lowest BCUT2D eigenvalue weighted by atomic mass is 10.1. The molecule has 1 heterocycles. The van der Waals surface area contributed by atoms with Gasteiger partial charge in [-0.1, -0.05) is 28.1 Å². The van der Waals surface area contributed by atoms with E-state index in [0.717, 1.165) is 15.4 Å². The summed E-state index contributed by atoms with van der Waals surface area (Å²) in [6.45, 7) is 0. The first-order valence-electron chi connectivity index (χ1n) is 4.89. The van der Waals surface area contributed by atoms with E-state index in [9.17, 15) is 8.78 Å². The van der Waals surface area contributed by atoms with E-state index in [1.165, 1.54) is 6.07 Å². The summed E-state index contributed by atoms with van der Waals surface area (Å²) in [5.41, 5.74) is 1.44. The molecule has 2 aromatic rings. The van der Waals surface area contributed by atoms with Gasteiger partial charge in [0, 0.05) is 4.83 Å². The van der Waals surface area contributed by atoms with Crippen LogP contribution in [0, 0.1) is 11.6 Å². The highest BCUT2D eigenvalue weighted by molar-refractivity contribution is 9.11. The van der Waals surface area contributed by atoms with Gasteiger partial charge in [0.05, 0.1) is 3.79 Å². The van der Waals surface area contributed by atoms with Crippen molar-refractivity contribution in [2.75, 3.05) is 0 Å². The molecule has 0 N–H and O–H groups in total. The zero-order valence-electron chi connectivity index (χ0n) is 8.59. The number of hydrogen-bond donors (Lipinski definition) is 0. The number of hydrogen-bond acceptors (Lipinski definition) is 1. The number of rotatable bonds is 3. The SMILES string of the molecule is Fc1cccc(CC(Br)c2csc(Br)c2)c1F. The standard InChI is InChI=1S/C12H8Br2F2S/c13-9(8-5-11(14)17-6-8)4-7-2-1-3-10(15)12(7)16/h1-3,5-6,9H,4H2. The molecule has 0 fully saturated rings. The summed E-state index contributed by atoms with van der Waals surface area (Å²) in [4.78, 5) is -0.0126. The Bertz CT molecular complexity index is 525. The molecule has 0 aliphatic carbocycles. The van der Waals surface area contributed by atoms with E-state index in [4.69, 9.17) is 0 Å². The molecule has 0 spiro atoms. The molecule has 0 saturated carbocycles. The van der Waals surface area contributed by atoms with Gasteiger partial charge in [-0.05, 0) is 51.0 Å². The van der Waals surface area contributed by atoms with E-state index in [1.807, 2.05) is 11.4 Å². The van der Waals surface area contributed by atoms with Crippen LogP contribution >= 0.6 is 43.2 Å². The van der Waals surface area contributed by atoms with Gasteiger partial charge in [0.25, 0.3) is 0 Å². The maximum Gasteiger partial charge on any atom is 0.162 e. The number of halogens is 4. The summed E-state index contributed by atoms with van der Waals surface area (Å²) in [5.74, 6) is -1.56. The van der Waals surface area contributed by atoms with Crippen LogP contribution in [0.2, 0.25) is 0 Å². The van der Waals surface area contributed by atoms with Crippen molar-refractivity contribution in [3.8, 4) is 0 Å². The van der Waals surface area contributed by atoms with Crippen LogP contribution in [0.3, 0.4) is 0 Å². The van der Waals surface area contributed by atoms with Gasteiger partial charge in [-0.25, -0.2) is 8.78 Å². The Balaban J connectivity index is 2.18. The Kier molecular flexibility index (Phi) is 4.33. The quantitative estimate of drug-likeness (QED) is 0.618. The van der Waals surface area contributed by atoms with Gasteiger partial charge in [-0.2, -0.15) is 0 Å². The summed E-state index contributed by atoms with van der Waals surface area (Å²) in [6, 6.07) is 6.23. The minimum Gasteiger partial charge on any atom is -0.204 e. The van der Waals surface area contributed by atoms with Crippen molar-refractivity contribution in [1.29, 1.82) is 0 Å². The molecule has 1 aromatic heterocycles. The van der Waals surface area contributed by atoms with Crippen LogP contribution < -0.4 is 0 Å². The van der Waals surface area contributed by atoms with Gasteiger partial charge in [-0.15, -0.1) is 11.3 Å². The highest BCUT2D eigenvalue weighted by Gasteiger charge is 2.14. The van der Waals surface area contributed by atoms with E-state index in [2.05, 4.69) is 31.9 Å². The largest absolute Gasteiger partial charge is 0.204 e. The van der Waals surface area contributed by atoms with Crippen molar-refractivity contribution >= 4 is 43.2 Å². The van der Waals surface area contributed by atoms with Crippen LogP contribution in [0.4, 0.5) is 8.78 Å². The van der Waals surface area contributed by atoms with Crippen LogP contribution in [0.1, 0.15) is 16.0 Å². The second kappa shape index (κ2) is 5.59. The van der Waals surface area contributed by atoms with Crippen molar-refractivity contribution in [3.05, 3.63) is 56.2 Å². The first-order valence-corrected chi connectivity index (χ1v) is 7.47. The summed E-state index contributed by atoms with van der Waals surface area (Å²) in [7, 11) is 0. The molecular formula is C12H8Br2F2S. The molecule has 2 rings (SSSR count). The van der Waals surface area contributed by atoms with E-state index >= 15 is 0 Å². The Morgan fingerprint density at radius 3 is 2.71 bits per heavy atom. The van der Waals surface area contributed by atoms with E-state index in [0.29, 0.717) is 12.0 Å². The predicted octanol–water partition coefficient (Wildman–Crippen LogP) is 5.47. The Morgan fingerprint density at radius 1 is 1.29 bits per heavy atom. The molecule has 0 saturated heterocycles. The van der Waals surface area contributed by atoms with Gasteiger partial charge in [0.1, 0.15) is 0 Å². The van der Waals surface area contributed by atoms with Crippen molar-refractivity contribution in [2.45, 2.75) is 11.2 Å². The topological polar surface area (TPSA) is 0 Å². The lowest BCUT2D eigenvalue weighted by Crippen LogP contribution is -1.99. The molecule has 90 valence electrons. The first-order chi connectivity index (χ1) is 8.08. The molecule has 17 heavy (non-hydrogen) atoms. The van der Waals surface area contributed by atoms with Crippen molar-refractivity contribution < 1.29 is 8.78 Å². The molecule has 0 bridgehead atoms. The average molecular weight is 382 g/mol. The number of benzene rings is 1. The van der Waals surface area contributed by atoms with Crippen molar-refractivity contribution in [3.63, 3.8) is 0 Å². The zero-order valence-corrected chi connectivity index (χ0v) is 12.6. The van der Waals surface area contributed by atoms with E-state index < -0.39 is 11.6 Å². The maximum absolute atomic E-state index is 13.5. The van der Waals surface area contributed by atoms with Crippen LogP contribution in [-0.4, -0.2) is 0 Å². The van der Waals surface area contributed by atoms with Gasteiger partial charge >= 0.3 is 0 Å². The molecule has 1 aromatic carbocycles. The minimum absolute atomic E-state index is 0.0126. The number of thiophene rings is 1. The molecule has 0 aliphatic heterocycles. The molecular weight excluding hydrogens is 374 g/mol. The highest BCUT2D eigenvalue weighted by atomic mass is 79.9. The van der Waals surface area contributed by atoms with Gasteiger partial charge in [0.15, 0.2) is 11.6 Å². The molecule has 1 unspecified atom stereocenters. The van der Waals surface area contributed by atoms with E-state index in [1.54, 1.807) is 17.4 Å². The monoisotopic (exact) mass is 380 g/mol. The molecule has 0 amide bonds. The van der Waals surface area contributed by atoms with Gasteiger partial charge in [-0.3, -0.25) is 0 Å². The third-order valence-electron chi connectivity index (χ3n) is 2.38. The van der Waals surface area contributed by atoms with Gasteiger partial charge < -0.3 is 0 Å². The minimum atomic E-state index is -0.798. The van der Waals surface area contributed by atoms with Crippen LogP contribution in [0.25, 0.3) is 0 Å². The highest BCUT2D eigenvalue weighted by Crippen LogP contribution is 2.33. The number of alkyl halides is 1.